The number of nitrogens with zero attached hydrogens (tertiary/aromatic N) is 3. The molecule has 1 aromatic heterocycles. The maximum absolute atomic E-state index is 13.8. The first-order chi connectivity index (χ1) is 8.45. The molecule has 2 rings (SSSR count). The minimum absolute atomic E-state index is 0.249. The van der Waals surface area contributed by atoms with Crippen LogP contribution in [0, 0.1) is 5.82 Å². The van der Waals surface area contributed by atoms with Crippen LogP contribution in [0.15, 0.2) is 24.3 Å². The summed E-state index contributed by atoms with van der Waals surface area (Å²) in [7, 11) is 0. The molecule has 0 radical (unpaired) electrons. The van der Waals surface area contributed by atoms with Crippen LogP contribution in [0.5, 0.6) is 0 Å². The van der Waals surface area contributed by atoms with E-state index in [1.807, 2.05) is 25.3 Å². The molecule has 0 saturated heterocycles. The summed E-state index contributed by atoms with van der Waals surface area (Å²) in [5.74, 6) is 1.09. The number of alkyl halides is 1. The Hall–Kier alpha value is -1.42. The predicted octanol–water partition coefficient (Wildman–Crippen LogP) is 3.58. The average Bonchev–Trinajstić information content (AvgIpc) is 2.73. The van der Waals surface area contributed by atoms with Gasteiger partial charge in [0.1, 0.15) is 11.6 Å². The summed E-state index contributed by atoms with van der Waals surface area (Å²) in [4.78, 5) is 0. The Morgan fingerprint density at radius 1 is 1.22 bits per heavy atom. The van der Waals surface area contributed by atoms with E-state index >= 15 is 0 Å². The van der Waals surface area contributed by atoms with Gasteiger partial charge in [-0.05, 0) is 32.9 Å². The smallest absolute Gasteiger partial charge is 0.167 e. The third-order valence-electron chi connectivity index (χ3n) is 2.64. The molecular formula is C13H15ClFN3. The summed E-state index contributed by atoms with van der Waals surface area (Å²) in [6.07, 6.45) is 0. The molecule has 0 bridgehead atoms. The van der Waals surface area contributed by atoms with Gasteiger partial charge in [0.05, 0.1) is 11.4 Å². The molecule has 3 nitrogen and oxygen atoms in total. The van der Waals surface area contributed by atoms with Gasteiger partial charge in [0.25, 0.3) is 0 Å². The average molecular weight is 268 g/mol. The Kier molecular flexibility index (Phi) is 3.39. The van der Waals surface area contributed by atoms with Crippen LogP contribution in [0.1, 0.15) is 26.6 Å². The summed E-state index contributed by atoms with van der Waals surface area (Å²) in [6, 6.07) is 6.54. The maximum Gasteiger partial charge on any atom is 0.167 e. The second kappa shape index (κ2) is 4.69. The Labute approximate surface area is 111 Å². The van der Waals surface area contributed by atoms with Crippen LogP contribution in [0.2, 0.25) is 0 Å². The summed E-state index contributed by atoms with van der Waals surface area (Å²) >= 11 is 5.86. The normalized spacial score (nSPS) is 11.8. The fourth-order valence-corrected chi connectivity index (χ4v) is 2.10. The van der Waals surface area contributed by atoms with Crippen molar-refractivity contribution in [1.82, 2.24) is 14.8 Å². The van der Waals surface area contributed by atoms with Gasteiger partial charge >= 0.3 is 0 Å². The van der Waals surface area contributed by atoms with Crippen molar-refractivity contribution in [2.24, 2.45) is 0 Å². The van der Waals surface area contributed by atoms with Gasteiger partial charge in [-0.3, -0.25) is 0 Å². The number of aromatic nitrogens is 3. The first-order valence-electron chi connectivity index (χ1n) is 5.71. The van der Waals surface area contributed by atoms with E-state index in [0.29, 0.717) is 17.2 Å². The SMILES string of the molecule is CC(C)(C)n1c(CCl)nnc1-c1ccccc1F. The minimum atomic E-state index is -0.309. The van der Waals surface area contributed by atoms with Crippen molar-refractivity contribution in [3.8, 4) is 11.4 Å². The number of rotatable bonds is 2. The molecular weight excluding hydrogens is 253 g/mol. The Balaban J connectivity index is 2.66. The zero-order valence-electron chi connectivity index (χ0n) is 10.6. The van der Waals surface area contributed by atoms with Crippen molar-refractivity contribution in [3.05, 3.63) is 35.9 Å². The zero-order valence-corrected chi connectivity index (χ0v) is 11.4. The van der Waals surface area contributed by atoms with E-state index in [1.165, 1.54) is 6.07 Å². The lowest BCUT2D eigenvalue weighted by atomic mass is 10.1. The molecule has 0 amide bonds. The second-order valence-electron chi connectivity index (χ2n) is 5.06. The fourth-order valence-electron chi connectivity index (χ4n) is 1.92. The lowest BCUT2D eigenvalue weighted by molar-refractivity contribution is 0.389. The topological polar surface area (TPSA) is 30.7 Å². The Morgan fingerprint density at radius 2 is 1.89 bits per heavy atom. The van der Waals surface area contributed by atoms with Crippen molar-refractivity contribution in [1.29, 1.82) is 0 Å². The number of benzene rings is 1. The van der Waals surface area contributed by atoms with Gasteiger partial charge in [-0.15, -0.1) is 21.8 Å². The molecule has 0 aliphatic heterocycles. The fraction of sp³-hybridized carbons (Fsp3) is 0.385. The van der Waals surface area contributed by atoms with Crippen LogP contribution in [0.4, 0.5) is 4.39 Å². The monoisotopic (exact) mass is 267 g/mol. The van der Waals surface area contributed by atoms with E-state index in [2.05, 4.69) is 10.2 Å². The molecule has 2 aromatic rings. The molecule has 18 heavy (non-hydrogen) atoms. The van der Waals surface area contributed by atoms with E-state index in [0.717, 1.165) is 0 Å². The van der Waals surface area contributed by atoms with Gasteiger partial charge in [-0.2, -0.15) is 0 Å². The highest BCUT2D eigenvalue weighted by molar-refractivity contribution is 6.16. The van der Waals surface area contributed by atoms with Crippen LogP contribution in [0.25, 0.3) is 11.4 Å². The molecule has 1 aromatic carbocycles. The molecule has 0 aliphatic rings. The molecule has 0 spiro atoms. The number of hydrogen-bond donors (Lipinski definition) is 0. The third kappa shape index (κ3) is 2.25. The zero-order chi connectivity index (χ0) is 13.3. The van der Waals surface area contributed by atoms with Gasteiger partial charge in [0.15, 0.2) is 5.82 Å². The van der Waals surface area contributed by atoms with Crippen molar-refractivity contribution < 1.29 is 4.39 Å². The van der Waals surface area contributed by atoms with E-state index in [1.54, 1.807) is 18.2 Å². The van der Waals surface area contributed by atoms with Crippen molar-refractivity contribution in [2.45, 2.75) is 32.2 Å². The highest BCUT2D eigenvalue weighted by Crippen LogP contribution is 2.28. The van der Waals surface area contributed by atoms with Gasteiger partial charge in [-0.25, -0.2) is 4.39 Å². The molecule has 0 N–H and O–H groups in total. The number of halogens is 2. The molecule has 0 aliphatic carbocycles. The molecule has 0 saturated carbocycles. The first kappa shape index (κ1) is 13.0. The van der Waals surface area contributed by atoms with E-state index < -0.39 is 0 Å². The van der Waals surface area contributed by atoms with E-state index in [-0.39, 0.29) is 17.2 Å². The van der Waals surface area contributed by atoms with Crippen LogP contribution in [-0.2, 0) is 11.4 Å². The third-order valence-corrected chi connectivity index (χ3v) is 2.87. The van der Waals surface area contributed by atoms with Gasteiger partial charge < -0.3 is 4.57 Å². The quantitative estimate of drug-likeness (QED) is 0.779. The van der Waals surface area contributed by atoms with E-state index in [4.69, 9.17) is 11.6 Å². The largest absolute Gasteiger partial charge is 0.305 e. The maximum atomic E-state index is 13.8. The summed E-state index contributed by atoms with van der Waals surface area (Å²) in [5.41, 5.74) is 0.182. The van der Waals surface area contributed by atoms with Gasteiger partial charge in [0.2, 0.25) is 0 Å². The minimum Gasteiger partial charge on any atom is -0.305 e. The standard InChI is InChI=1S/C13H15ClFN3/c1-13(2,3)18-11(8-14)16-17-12(18)9-6-4-5-7-10(9)15/h4-7H,8H2,1-3H3. The molecule has 0 atom stereocenters. The van der Waals surface area contributed by atoms with Crippen molar-refractivity contribution in [2.75, 3.05) is 0 Å². The van der Waals surface area contributed by atoms with Crippen molar-refractivity contribution in [3.63, 3.8) is 0 Å². The lowest BCUT2D eigenvalue weighted by Crippen LogP contribution is -2.25. The van der Waals surface area contributed by atoms with Crippen LogP contribution in [0.3, 0.4) is 0 Å². The van der Waals surface area contributed by atoms with Crippen LogP contribution < -0.4 is 0 Å². The molecule has 96 valence electrons. The molecule has 1 heterocycles. The highest BCUT2D eigenvalue weighted by atomic mass is 35.5. The van der Waals surface area contributed by atoms with E-state index in [9.17, 15) is 4.39 Å². The van der Waals surface area contributed by atoms with Crippen molar-refractivity contribution >= 4 is 11.6 Å². The summed E-state index contributed by atoms with van der Waals surface area (Å²) in [6.45, 7) is 6.03. The Bertz CT molecular complexity index is 558. The van der Waals surface area contributed by atoms with Gasteiger partial charge in [0, 0.05) is 5.54 Å². The molecule has 0 unspecified atom stereocenters. The number of hydrogen-bond acceptors (Lipinski definition) is 2. The second-order valence-corrected chi connectivity index (χ2v) is 5.33. The van der Waals surface area contributed by atoms with Gasteiger partial charge in [-0.1, -0.05) is 12.1 Å². The molecule has 5 heteroatoms. The highest BCUT2D eigenvalue weighted by Gasteiger charge is 2.24. The Morgan fingerprint density at radius 3 is 2.44 bits per heavy atom. The van der Waals surface area contributed by atoms with Crippen LogP contribution in [-0.4, -0.2) is 14.8 Å². The first-order valence-corrected chi connectivity index (χ1v) is 6.24. The summed E-state index contributed by atoms with van der Waals surface area (Å²) in [5, 5.41) is 8.11. The predicted molar refractivity (Wildman–Crippen MR) is 70.0 cm³/mol. The lowest BCUT2D eigenvalue weighted by Gasteiger charge is -2.24. The molecule has 0 fully saturated rings. The van der Waals surface area contributed by atoms with Crippen LogP contribution >= 0.6 is 11.6 Å². The summed E-state index contributed by atoms with van der Waals surface area (Å²) < 4.78 is 15.7.